The lowest BCUT2D eigenvalue weighted by Crippen LogP contribution is -2.40. The first kappa shape index (κ1) is 15.7. The van der Waals surface area contributed by atoms with Crippen LogP contribution in [0.5, 0.6) is 0 Å². The summed E-state index contributed by atoms with van der Waals surface area (Å²) in [4.78, 5) is 41.2. The number of unbranched alkanes of at least 4 members (excludes halogenated alkanes) is 2. The molecule has 2 aromatic rings. The van der Waals surface area contributed by atoms with Crippen LogP contribution in [0.1, 0.15) is 52.0 Å². The minimum atomic E-state index is -0.336. The first-order valence-electron chi connectivity index (χ1n) is 8.24. The summed E-state index contributed by atoms with van der Waals surface area (Å²) in [6.45, 7) is 4.07. The summed E-state index contributed by atoms with van der Waals surface area (Å²) < 4.78 is 4.52. The zero-order valence-electron chi connectivity index (χ0n) is 13.6. The smallest absolute Gasteiger partial charge is 0.317 e. The third kappa shape index (κ3) is 2.87. The van der Waals surface area contributed by atoms with Crippen molar-refractivity contribution in [1.29, 1.82) is 0 Å². The van der Waals surface area contributed by atoms with Gasteiger partial charge in [-0.05, 0) is 26.2 Å². The Balaban J connectivity index is 2.19. The van der Waals surface area contributed by atoms with Gasteiger partial charge in [-0.2, -0.15) is 0 Å². The number of nitrogens with zero attached hydrogens (tertiary/aromatic N) is 4. The fourth-order valence-corrected chi connectivity index (χ4v) is 2.94. The van der Waals surface area contributed by atoms with E-state index < -0.39 is 0 Å². The van der Waals surface area contributed by atoms with Gasteiger partial charge in [0.1, 0.15) is 5.78 Å². The summed E-state index contributed by atoms with van der Waals surface area (Å²) in [5.41, 5.74) is 0.171. The average molecular weight is 318 g/mol. The monoisotopic (exact) mass is 318 g/mol. The number of imidazole rings is 1. The molecule has 0 aromatic carbocycles. The molecular formula is C16H22N4O3. The van der Waals surface area contributed by atoms with Crippen molar-refractivity contribution < 1.29 is 4.79 Å². The van der Waals surface area contributed by atoms with Crippen LogP contribution >= 0.6 is 0 Å². The Hall–Kier alpha value is -2.18. The molecule has 1 aliphatic rings. The molecule has 1 saturated carbocycles. The highest BCUT2D eigenvalue weighted by Crippen LogP contribution is 2.34. The van der Waals surface area contributed by atoms with E-state index in [1.54, 1.807) is 9.13 Å². The van der Waals surface area contributed by atoms with Crippen LogP contribution in [0.2, 0.25) is 0 Å². The predicted octanol–water partition coefficient (Wildman–Crippen LogP) is 1.47. The van der Waals surface area contributed by atoms with E-state index in [1.807, 2.05) is 0 Å². The number of hydrogen-bond acceptors (Lipinski definition) is 4. The lowest BCUT2D eigenvalue weighted by molar-refractivity contribution is -0.117. The Kier molecular flexibility index (Phi) is 4.19. The van der Waals surface area contributed by atoms with Gasteiger partial charge in [-0.15, -0.1) is 0 Å². The van der Waals surface area contributed by atoms with Crippen LogP contribution in [0.25, 0.3) is 11.2 Å². The summed E-state index contributed by atoms with van der Waals surface area (Å²) in [6, 6.07) is 0.128. The fourth-order valence-electron chi connectivity index (χ4n) is 2.94. The summed E-state index contributed by atoms with van der Waals surface area (Å²) in [5.74, 6) is -0.0506. The highest BCUT2D eigenvalue weighted by atomic mass is 16.2. The van der Waals surface area contributed by atoms with Crippen LogP contribution in [-0.2, 0) is 17.9 Å². The van der Waals surface area contributed by atoms with Gasteiger partial charge in [0.05, 0.1) is 12.9 Å². The van der Waals surface area contributed by atoms with Gasteiger partial charge in [-0.3, -0.25) is 18.7 Å². The van der Waals surface area contributed by atoms with E-state index in [-0.39, 0.29) is 29.6 Å². The maximum atomic E-state index is 12.8. The van der Waals surface area contributed by atoms with E-state index >= 15 is 0 Å². The van der Waals surface area contributed by atoms with Crippen molar-refractivity contribution in [2.45, 2.75) is 65.1 Å². The van der Waals surface area contributed by atoms with Gasteiger partial charge < -0.3 is 4.57 Å². The predicted molar refractivity (Wildman–Crippen MR) is 86.7 cm³/mol. The zero-order chi connectivity index (χ0) is 16.6. The van der Waals surface area contributed by atoms with Crippen molar-refractivity contribution in [2.75, 3.05) is 0 Å². The van der Waals surface area contributed by atoms with Gasteiger partial charge in [0.25, 0.3) is 5.56 Å². The normalized spacial score (nSPS) is 14.5. The summed E-state index contributed by atoms with van der Waals surface area (Å²) in [5, 5.41) is 0. The van der Waals surface area contributed by atoms with Crippen LogP contribution in [-0.4, -0.2) is 24.5 Å². The average Bonchev–Trinajstić information content (AvgIpc) is 3.24. The maximum Gasteiger partial charge on any atom is 0.332 e. The van der Waals surface area contributed by atoms with Crippen molar-refractivity contribution in [3.05, 3.63) is 27.2 Å². The lowest BCUT2D eigenvalue weighted by atomic mass is 10.2. The van der Waals surface area contributed by atoms with Crippen molar-refractivity contribution in [3.63, 3.8) is 0 Å². The first-order valence-corrected chi connectivity index (χ1v) is 8.24. The minimum Gasteiger partial charge on any atom is -0.317 e. The fraction of sp³-hybridized carbons (Fsp3) is 0.625. The molecule has 0 aliphatic heterocycles. The molecule has 2 aromatic heterocycles. The van der Waals surface area contributed by atoms with Crippen molar-refractivity contribution >= 4 is 16.9 Å². The number of carbonyl (C=O) groups excluding carboxylic acids is 1. The number of fused-ring (bicyclic) bond motifs is 1. The number of Topliss-reactive ketones (excluding diaryl/α,β-unsaturated/α-hetero) is 1. The van der Waals surface area contributed by atoms with Crippen molar-refractivity contribution in [2.24, 2.45) is 0 Å². The summed E-state index contributed by atoms with van der Waals surface area (Å²) in [7, 11) is 0. The molecule has 0 amide bonds. The van der Waals surface area contributed by atoms with E-state index in [0.717, 1.165) is 32.1 Å². The molecule has 0 unspecified atom stereocenters. The molecule has 0 radical (unpaired) electrons. The van der Waals surface area contributed by atoms with E-state index in [2.05, 4.69) is 11.9 Å². The Morgan fingerprint density at radius 2 is 2.04 bits per heavy atom. The van der Waals surface area contributed by atoms with E-state index in [0.29, 0.717) is 17.7 Å². The second-order valence-corrected chi connectivity index (χ2v) is 6.29. The molecule has 23 heavy (non-hydrogen) atoms. The Labute approximate surface area is 133 Å². The molecule has 124 valence electrons. The molecule has 2 heterocycles. The van der Waals surface area contributed by atoms with Crippen molar-refractivity contribution in [1.82, 2.24) is 18.7 Å². The van der Waals surface area contributed by atoms with Gasteiger partial charge in [-0.25, -0.2) is 9.78 Å². The van der Waals surface area contributed by atoms with E-state index in [9.17, 15) is 14.4 Å². The van der Waals surface area contributed by atoms with Crippen LogP contribution in [0.4, 0.5) is 0 Å². The Bertz CT molecular complexity index is 855. The van der Waals surface area contributed by atoms with Crippen LogP contribution in [0, 0.1) is 0 Å². The topological polar surface area (TPSA) is 78.9 Å². The van der Waals surface area contributed by atoms with Gasteiger partial charge in [0, 0.05) is 12.6 Å². The molecular weight excluding hydrogens is 296 g/mol. The third-order valence-corrected chi connectivity index (χ3v) is 4.22. The van der Waals surface area contributed by atoms with Crippen molar-refractivity contribution in [3.8, 4) is 0 Å². The molecule has 0 saturated heterocycles. The standard InChI is InChI=1S/C16H22N4O3/c1-3-4-5-8-19-15(22)13-14(17-10-18(13)9-11(2)21)20(16(19)23)12-6-7-12/h10,12H,3-9H2,1-2H3. The molecule has 1 fully saturated rings. The lowest BCUT2D eigenvalue weighted by Gasteiger charge is -2.11. The quantitative estimate of drug-likeness (QED) is 0.724. The largest absolute Gasteiger partial charge is 0.332 e. The van der Waals surface area contributed by atoms with Gasteiger partial charge in [0.15, 0.2) is 11.2 Å². The molecule has 0 N–H and O–H groups in total. The Morgan fingerprint density at radius 1 is 1.30 bits per heavy atom. The van der Waals surface area contributed by atoms with E-state index in [4.69, 9.17) is 0 Å². The second-order valence-electron chi connectivity index (χ2n) is 6.29. The van der Waals surface area contributed by atoms with Crippen LogP contribution in [0.15, 0.2) is 15.9 Å². The second kappa shape index (κ2) is 6.14. The highest BCUT2D eigenvalue weighted by molar-refractivity contribution is 5.78. The number of carbonyl (C=O) groups is 1. The Morgan fingerprint density at radius 3 is 2.65 bits per heavy atom. The number of ketones is 1. The van der Waals surface area contributed by atoms with Gasteiger partial charge >= 0.3 is 5.69 Å². The molecule has 7 nitrogen and oxygen atoms in total. The number of aromatic nitrogens is 4. The highest BCUT2D eigenvalue weighted by Gasteiger charge is 2.30. The van der Waals surface area contributed by atoms with Gasteiger partial charge in [-0.1, -0.05) is 19.8 Å². The van der Waals surface area contributed by atoms with Crippen LogP contribution in [0.3, 0.4) is 0 Å². The SMILES string of the molecule is CCCCCn1c(=O)c2c(ncn2CC(C)=O)n(C2CC2)c1=O. The molecule has 0 spiro atoms. The third-order valence-electron chi connectivity index (χ3n) is 4.22. The zero-order valence-corrected chi connectivity index (χ0v) is 13.6. The molecule has 1 aliphatic carbocycles. The summed E-state index contributed by atoms with van der Waals surface area (Å²) in [6.07, 6.45) is 6.14. The molecule has 0 bridgehead atoms. The minimum absolute atomic E-state index is 0.0506. The molecule has 3 rings (SSSR count). The first-order chi connectivity index (χ1) is 11.0. The number of rotatable bonds is 7. The van der Waals surface area contributed by atoms with Gasteiger partial charge in [0.2, 0.25) is 0 Å². The number of hydrogen-bond donors (Lipinski definition) is 0. The maximum absolute atomic E-state index is 12.8. The van der Waals surface area contributed by atoms with Crippen LogP contribution < -0.4 is 11.2 Å². The van der Waals surface area contributed by atoms with E-state index in [1.165, 1.54) is 17.8 Å². The molecule has 7 heteroatoms. The molecule has 0 atom stereocenters. The summed E-state index contributed by atoms with van der Waals surface area (Å²) >= 11 is 0.